The van der Waals surface area contributed by atoms with Crippen LogP contribution in [0.2, 0.25) is 0 Å². The van der Waals surface area contributed by atoms with E-state index in [1.54, 1.807) is 18.3 Å². The number of nitrogens with zero attached hydrogens (tertiary/aromatic N) is 4. The van der Waals surface area contributed by atoms with Crippen LogP contribution in [0.25, 0.3) is 17.2 Å². The van der Waals surface area contributed by atoms with Crippen LogP contribution in [0.4, 0.5) is 10.1 Å². The van der Waals surface area contributed by atoms with Gasteiger partial charge in [0.15, 0.2) is 11.0 Å². The minimum Gasteiger partial charge on any atom is -0.492 e. The van der Waals surface area contributed by atoms with Crippen molar-refractivity contribution in [2.45, 2.75) is 12.1 Å². The van der Waals surface area contributed by atoms with Gasteiger partial charge in [-0.3, -0.25) is 14.3 Å². The molecule has 162 valence electrons. The highest BCUT2D eigenvalue weighted by Gasteiger charge is 2.20. The summed E-state index contributed by atoms with van der Waals surface area (Å²) >= 11 is 1.19. The number of hydrogen-bond acceptors (Lipinski definition) is 6. The molecule has 2 heterocycles. The summed E-state index contributed by atoms with van der Waals surface area (Å²) in [7, 11) is 0. The average molecular weight is 450 g/mol. The molecule has 4 rings (SSSR count). The van der Waals surface area contributed by atoms with Gasteiger partial charge in [0.1, 0.15) is 17.3 Å². The normalized spacial score (nSPS) is 10.7. The number of thioether (sulfide) groups is 1. The van der Waals surface area contributed by atoms with Crippen LogP contribution in [-0.2, 0) is 4.79 Å². The van der Waals surface area contributed by atoms with Gasteiger partial charge in [0.2, 0.25) is 5.91 Å². The van der Waals surface area contributed by atoms with Gasteiger partial charge in [-0.1, -0.05) is 42.1 Å². The molecule has 0 saturated carbocycles. The molecule has 0 saturated heterocycles. The van der Waals surface area contributed by atoms with Crippen LogP contribution < -0.4 is 10.1 Å². The molecule has 0 aliphatic carbocycles. The number of carbonyl (C=O) groups excluding carboxylic acids is 1. The maximum atomic E-state index is 13.8. The van der Waals surface area contributed by atoms with Crippen LogP contribution in [0.3, 0.4) is 0 Å². The third kappa shape index (κ3) is 4.78. The number of aromatic nitrogens is 4. The number of amides is 1. The Balaban J connectivity index is 1.65. The zero-order valence-corrected chi connectivity index (χ0v) is 18.1. The molecule has 32 heavy (non-hydrogen) atoms. The first-order chi connectivity index (χ1) is 15.7. The minimum atomic E-state index is -0.489. The van der Waals surface area contributed by atoms with E-state index < -0.39 is 5.82 Å². The van der Waals surface area contributed by atoms with Gasteiger partial charge >= 0.3 is 0 Å². The van der Waals surface area contributed by atoms with Gasteiger partial charge in [-0.15, -0.1) is 10.2 Å². The van der Waals surface area contributed by atoms with Crippen LogP contribution >= 0.6 is 11.8 Å². The molecule has 0 unspecified atom stereocenters. The number of rotatable bonds is 8. The second kappa shape index (κ2) is 10.1. The molecule has 0 atom stereocenters. The van der Waals surface area contributed by atoms with Crippen molar-refractivity contribution in [3.05, 3.63) is 78.7 Å². The molecular formula is C23H20FN5O2S. The van der Waals surface area contributed by atoms with Crippen molar-refractivity contribution in [3.63, 3.8) is 0 Å². The van der Waals surface area contributed by atoms with E-state index in [2.05, 4.69) is 20.5 Å². The van der Waals surface area contributed by atoms with E-state index in [0.717, 1.165) is 5.69 Å². The SMILES string of the molecule is CCOc1ccccc1-n1c(SCC(=O)Nc2ccccc2F)nnc1-c1ccccn1. The Bertz CT molecular complexity index is 1220. The second-order valence-corrected chi connectivity index (χ2v) is 7.52. The first kappa shape index (κ1) is 21.5. The van der Waals surface area contributed by atoms with E-state index in [0.29, 0.717) is 29.0 Å². The lowest BCUT2D eigenvalue weighted by Gasteiger charge is -2.14. The van der Waals surface area contributed by atoms with Crippen molar-refractivity contribution in [1.82, 2.24) is 19.7 Å². The lowest BCUT2D eigenvalue weighted by Crippen LogP contribution is -2.15. The molecule has 0 aliphatic heterocycles. The molecule has 0 spiro atoms. The Hall–Kier alpha value is -3.72. The zero-order chi connectivity index (χ0) is 22.3. The van der Waals surface area contributed by atoms with E-state index >= 15 is 0 Å². The van der Waals surface area contributed by atoms with Crippen molar-refractivity contribution in [2.75, 3.05) is 17.7 Å². The van der Waals surface area contributed by atoms with E-state index in [4.69, 9.17) is 4.74 Å². The molecule has 0 fully saturated rings. The summed E-state index contributed by atoms with van der Waals surface area (Å²) < 4.78 is 21.4. The summed E-state index contributed by atoms with van der Waals surface area (Å²) in [5, 5.41) is 11.7. The fourth-order valence-electron chi connectivity index (χ4n) is 3.04. The Kier molecular flexibility index (Phi) is 6.76. The third-order valence-electron chi connectivity index (χ3n) is 4.41. The summed E-state index contributed by atoms with van der Waals surface area (Å²) in [6.07, 6.45) is 1.68. The maximum absolute atomic E-state index is 13.8. The number of para-hydroxylation sites is 3. The summed E-state index contributed by atoms with van der Waals surface area (Å²) in [4.78, 5) is 16.8. The predicted octanol–water partition coefficient (Wildman–Crippen LogP) is 4.60. The predicted molar refractivity (Wildman–Crippen MR) is 122 cm³/mol. The highest BCUT2D eigenvalue weighted by Crippen LogP contribution is 2.32. The van der Waals surface area contributed by atoms with Crippen LogP contribution in [-0.4, -0.2) is 38.0 Å². The number of halogens is 1. The highest BCUT2D eigenvalue weighted by molar-refractivity contribution is 7.99. The fraction of sp³-hybridized carbons (Fsp3) is 0.130. The van der Waals surface area contributed by atoms with E-state index in [-0.39, 0.29) is 17.3 Å². The van der Waals surface area contributed by atoms with Crippen molar-refractivity contribution in [1.29, 1.82) is 0 Å². The van der Waals surface area contributed by atoms with Crippen LogP contribution in [0.1, 0.15) is 6.92 Å². The Morgan fingerprint density at radius 1 is 1.06 bits per heavy atom. The monoisotopic (exact) mass is 449 g/mol. The van der Waals surface area contributed by atoms with Crippen LogP contribution in [0.15, 0.2) is 78.1 Å². The molecule has 2 aromatic heterocycles. The molecule has 2 aromatic carbocycles. The summed E-state index contributed by atoms with van der Waals surface area (Å²) in [5.41, 5.74) is 1.50. The van der Waals surface area contributed by atoms with Crippen molar-refractivity contribution >= 4 is 23.4 Å². The van der Waals surface area contributed by atoms with Crippen molar-refractivity contribution in [3.8, 4) is 23.0 Å². The van der Waals surface area contributed by atoms with Crippen LogP contribution in [0, 0.1) is 5.82 Å². The van der Waals surface area contributed by atoms with Crippen molar-refractivity contribution < 1.29 is 13.9 Å². The smallest absolute Gasteiger partial charge is 0.234 e. The number of carbonyl (C=O) groups is 1. The average Bonchev–Trinajstić information content (AvgIpc) is 3.24. The molecule has 0 bridgehead atoms. The number of nitrogens with one attached hydrogen (secondary N) is 1. The summed E-state index contributed by atoms with van der Waals surface area (Å²) in [5.74, 6) is 0.356. The third-order valence-corrected chi connectivity index (χ3v) is 5.34. The first-order valence-corrected chi connectivity index (χ1v) is 10.9. The Morgan fingerprint density at radius 3 is 2.62 bits per heavy atom. The topological polar surface area (TPSA) is 81.9 Å². The van der Waals surface area contributed by atoms with Gasteiger partial charge in [0, 0.05) is 6.20 Å². The van der Waals surface area contributed by atoms with Gasteiger partial charge < -0.3 is 10.1 Å². The molecule has 7 nitrogen and oxygen atoms in total. The molecule has 0 aliphatic rings. The lowest BCUT2D eigenvalue weighted by atomic mass is 10.2. The molecular weight excluding hydrogens is 429 g/mol. The summed E-state index contributed by atoms with van der Waals surface area (Å²) in [6.45, 7) is 2.40. The number of anilines is 1. The molecule has 1 N–H and O–H groups in total. The highest BCUT2D eigenvalue weighted by atomic mass is 32.2. The maximum Gasteiger partial charge on any atom is 0.234 e. The van der Waals surface area contributed by atoms with Crippen molar-refractivity contribution in [2.24, 2.45) is 0 Å². The minimum absolute atomic E-state index is 0.0193. The molecule has 1 amide bonds. The second-order valence-electron chi connectivity index (χ2n) is 6.57. The van der Waals surface area contributed by atoms with Gasteiger partial charge in [-0.25, -0.2) is 4.39 Å². The molecule has 9 heteroatoms. The van der Waals surface area contributed by atoms with Gasteiger partial charge in [-0.2, -0.15) is 0 Å². The quantitative estimate of drug-likeness (QED) is 0.396. The molecule has 0 radical (unpaired) electrons. The molecule has 4 aromatic rings. The number of pyridine rings is 1. The lowest BCUT2D eigenvalue weighted by molar-refractivity contribution is -0.113. The Morgan fingerprint density at radius 2 is 1.84 bits per heavy atom. The Labute approximate surface area is 188 Å². The van der Waals surface area contributed by atoms with Gasteiger partial charge in [0.05, 0.1) is 23.7 Å². The standard InChI is InChI=1S/C23H20FN5O2S/c1-2-31-20-13-6-5-12-19(20)29-22(18-11-7-8-14-25-18)27-28-23(29)32-15-21(30)26-17-10-4-3-9-16(17)24/h3-14H,2,15H2,1H3,(H,26,30). The van der Waals surface area contributed by atoms with Gasteiger partial charge in [-0.05, 0) is 43.3 Å². The van der Waals surface area contributed by atoms with E-state index in [9.17, 15) is 9.18 Å². The zero-order valence-electron chi connectivity index (χ0n) is 17.2. The first-order valence-electron chi connectivity index (χ1n) is 9.93. The van der Waals surface area contributed by atoms with E-state index in [1.165, 1.54) is 23.9 Å². The largest absolute Gasteiger partial charge is 0.492 e. The van der Waals surface area contributed by atoms with E-state index in [1.807, 2.05) is 54.0 Å². The summed E-state index contributed by atoms with van der Waals surface area (Å²) in [6, 6.07) is 19.1. The van der Waals surface area contributed by atoms with Crippen LogP contribution in [0.5, 0.6) is 5.75 Å². The fourth-order valence-corrected chi connectivity index (χ4v) is 3.78. The number of hydrogen-bond donors (Lipinski definition) is 1. The number of ether oxygens (including phenoxy) is 1. The number of benzene rings is 2. The van der Waals surface area contributed by atoms with Gasteiger partial charge in [0.25, 0.3) is 0 Å².